The van der Waals surface area contributed by atoms with E-state index >= 15 is 0 Å². The minimum atomic E-state index is -1.25. The average Bonchev–Trinajstić information content (AvgIpc) is 4.07. The molecule has 14 nitrogen and oxygen atoms in total. The second kappa shape index (κ2) is 17.8. The lowest BCUT2D eigenvalue weighted by atomic mass is 9.93. The van der Waals surface area contributed by atoms with E-state index in [0.29, 0.717) is 35.9 Å². The van der Waals surface area contributed by atoms with Crippen molar-refractivity contribution in [2.75, 3.05) is 13.1 Å². The number of likely N-dealkylation sites (tertiary alicyclic amines) is 2. The minimum absolute atomic E-state index is 0.260. The maximum atomic E-state index is 13.7. The first-order chi connectivity index (χ1) is 28.1. The van der Waals surface area contributed by atoms with Gasteiger partial charge in [-0.15, -0.1) is 0 Å². The number of nitrogens with one attached hydrogen (secondary N) is 4. The smallest absolute Gasteiger partial charge is 0.405 e. The van der Waals surface area contributed by atoms with Crippen molar-refractivity contribution in [2.24, 2.45) is 0 Å². The molecule has 2 aliphatic rings. The van der Waals surface area contributed by atoms with E-state index in [1.54, 1.807) is 58.3 Å². The number of hydrogen-bond donors (Lipinski definition) is 6. The van der Waals surface area contributed by atoms with Crippen LogP contribution in [0.1, 0.15) is 106 Å². The number of imidazole rings is 2. The Morgan fingerprint density at radius 1 is 0.638 bits per heavy atom. The molecule has 2 unspecified atom stereocenters. The minimum Gasteiger partial charge on any atom is -0.465 e. The van der Waals surface area contributed by atoms with Crippen molar-refractivity contribution in [3.05, 3.63) is 142 Å². The summed E-state index contributed by atoms with van der Waals surface area (Å²) in [6.07, 6.45) is 7.45. The molecule has 5 aromatic rings. The highest BCUT2D eigenvalue weighted by Crippen LogP contribution is 2.35. The predicted octanol–water partition coefficient (Wildman–Crippen LogP) is 6.66. The third-order valence-electron chi connectivity index (χ3n) is 11.6. The van der Waals surface area contributed by atoms with E-state index in [9.17, 15) is 29.4 Å². The summed E-state index contributed by atoms with van der Waals surface area (Å²) in [7, 11) is 0. The number of H-pyrrole nitrogens is 2. The van der Waals surface area contributed by atoms with Crippen LogP contribution < -0.4 is 10.6 Å². The summed E-state index contributed by atoms with van der Waals surface area (Å²) in [5.41, 5.74) is 7.98. The molecular formula is C44H50N8O6. The van der Waals surface area contributed by atoms with Gasteiger partial charge in [-0.2, -0.15) is 0 Å². The van der Waals surface area contributed by atoms with Crippen LogP contribution in [0.25, 0.3) is 0 Å². The monoisotopic (exact) mass is 786 g/mol. The largest absolute Gasteiger partial charge is 0.465 e. The van der Waals surface area contributed by atoms with Gasteiger partial charge in [0.2, 0.25) is 0 Å². The molecule has 2 saturated heterocycles. The van der Waals surface area contributed by atoms with Crippen molar-refractivity contribution in [3.63, 3.8) is 0 Å². The van der Waals surface area contributed by atoms with Crippen LogP contribution in [-0.4, -0.2) is 77.0 Å². The Balaban J connectivity index is 0.952. The molecule has 4 atom stereocenters. The Kier molecular flexibility index (Phi) is 12.2. The molecule has 0 saturated carbocycles. The van der Waals surface area contributed by atoms with Crippen molar-refractivity contribution in [1.82, 2.24) is 40.4 Å². The van der Waals surface area contributed by atoms with Crippen LogP contribution in [0, 0.1) is 13.8 Å². The summed E-state index contributed by atoms with van der Waals surface area (Å²) in [5, 5.41) is 23.8. The van der Waals surface area contributed by atoms with Crippen molar-refractivity contribution in [3.8, 4) is 0 Å². The number of aryl methyl sites for hydroxylation is 4. The second-order valence-corrected chi connectivity index (χ2v) is 15.2. The Bertz CT molecular complexity index is 2080. The fourth-order valence-electron chi connectivity index (χ4n) is 8.42. The molecule has 3 aromatic carbocycles. The number of carbonyl (C=O) groups excluding carboxylic acids is 2. The lowest BCUT2D eigenvalue weighted by molar-refractivity contribution is -0.135. The third kappa shape index (κ3) is 8.90. The van der Waals surface area contributed by atoms with E-state index in [0.717, 1.165) is 62.8 Å². The molecule has 302 valence electrons. The Labute approximate surface area is 337 Å². The van der Waals surface area contributed by atoms with Crippen LogP contribution >= 0.6 is 0 Å². The van der Waals surface area contributed by atoms with Gasteiger partial charge in [0.25, 0.3) is 11.8 Å². The van der Waals surface area contributed by atoms with E-state index in [1.165, 1.54) is 22.3 Å². The summed E-state index contributed by atoms with van der Waals surface area (Å²) >= 11 is 0. The number of aromatic amines is 2. The molecule has 2 fully saturated rings. The van der Waals surface area contributed by atoms with Gasteiger partial charge in [0.1, 0.15) is 23.7 Å². The summed E-state index contributed by atoms with van der Waals surface area (Å²) in [4.78, 5) is 70.5. The topological polar surface area (TPSA) is 197 Å². The highest BCUT2D eigenvalue weighted by molar-refractivity contribution is 5.88. The van der Waals surface area contributed by atoms with E-state index < -0.39 is 24.3 Å². The first-order valence-electron chi connectivity index (χ1n) is 19.9. The number of carboxylic acid groups (broad SMARTS) is 2. The summed E-state index contributed by atoms with van der Waals surface area (Å²) in [5.74, 6) is 0.855. The van der Waals surface area contributed by atoms with Gasteiger partial charge >= 0.3 is 12.2 Å². The molecule has 4 amide bonds. The number of aromatic nitrogens is 4. The number of amides is 4. The maximum absolute atomic E-state index is 13.7. The lowest BCUT2D eigenvalue weighted by Crippen LogP contribution is -2.42. The molecule has 2 aliphatic heterocycles. The van der Waals surface area contributed by atoms with Gasteiger partial charge < -0.3 is 40.6 Å². The number of nitrogens with zero attached hydrogens (tertiary/aromatic N) is 4. The van der Waals surface area contributed by atoms with Gasteiger partial charge in [0.05, 0.1) is 23.5 Å². The maximum Gasteiger partial charge on any atom is 0.405 e. The van der Waals surface area contributed by atoms with E-state index in [1.807, 2.05) is 24.5 Å². The quantitative estimate of drug-likeness (QED) is 0.0718. The second-order valence-electron chi connectivity index (χ2n) is 15.2. The normalized spacial score (nSPS) is 17.6. The zero-order chi connectivity index (χ0) is 40.8. The predicted molar refractivity (Wildman–Crippen MR) is 216 cm³/mol. The van der Waals surface area contributed by atoms with Crippen LogP contribution in [0.2, 0.25) is 0 Å². The standard InChI is InChI=1S/C44H50N8O6/c1-27-28(2)30(20-22-34-26-46-40(48-34)36-16-10-24-52(36)42(54)38(50-44(57)58)32-13-7-4-8-14-32)18-17-29(27)19-21-33-25-45-39(47-33)35-15-9-23-51(35)41(53)37(49-43(55)56)31-11-5-3-6-12-31/h3-8,11-14,17-18,25-26,35-38,49-50H,9-10,15-16,19-24H2,1-2H3,(H,45,47)(H,46,48)(H,55,56)(H,57,58)/t35-,36?,37+,38?/m0/s1. The molecular weight excluding hydrogens is 737 g/mol. The van der Waals surface area contributed by atoms with Crippen molar-refractivity contribution >= 4 is 24.0 Å². The third-order valence-corrected chi connectivity index (χ3v) is 11.6. The van der Waals surface area contributed by atoms with Gasteiger partial charge in [-0.25, -0.2) is 19.6 Å². The Morgan fingerprint density at radius 2 is 1.03 bits per heavy atom. The highest BCUT2D eigenvalue weighted by atomic mass is 16.4. The van der Waals surface area contributed by atoms with Crippen molar-refractivity contribution in [1.29, 1.82) is 0 Å². The molecule has 14 heteroatoms. The van der Waals surface area contributed by atoms with E-state index in [2.05, 4.69) is 46.6 Å². The fraction of sp³-hybridized carbons (Fsp3) is 0.364. The Hall–Kier alpha value is -6.44. The Morgan fingerprint density at radius 3 is 1.41 bits per heavy atom. The molecule has 2 aromatic heterocycles. The van der Waals surface area contributed by atoms with E-state index in [4.69, 9.17) is 9.97 Å². The highest BCUT2D eigenvalue weighted by Gasteiger charge is 2.38. The molecule has 4 heterocycles. The number of benzene rings is 3. The van der Waals surface area contributed by atoms with Crippen LogP contribution in [0.5, 0.6) is 0 Å². The molecule has 0 bridgehead atoms. The van der Waals surface area contributed by atoms with Gasteiger partial charge in [0, 0.05) is 25.5 Å². The number of hydrogen-bond acceptors (Lipinski definition) is 6. The van der Waals surface area contributed by atoms with Gasteiger partial charge in [-0.05, 0) is 98.6 Å². The number of rotatable bonds is 14. The molecule has 0 aliphatic carbocycles. The first kappa shape index (κ1) is 39.8. The van der Waals surface area contributed by atoms with Gasteiger partial charge in [-0.3, -0.25) is 9.59 Å². The van der Waals surface area contributed by atoms with Gasteiger partial charge in [-0.1, -0.05) is 72.8 Å². The SMILES string of the molecule is Cc1c(CCc2c[nH]c(C3CCCN3C(=O)C(NC(=O)O)c3ccccc3)n2)ccc(CCc2c[nH]c([C@@H]3CCCN3C(=O)[C@H](NC(=O)O)c3ccccc3)n2)c1C. The molecule has 6 N–H and O–H groups in total. The summed E-state index contributed by atoms with van der Waals surface area (Å²) in [6, 6.07) is 19.7. The molecule has 58 heavy (non-hydrogen) atoms. The van der Waals surface area contributed by atoms with Crippen molar-refractivity contribution < 1.29 is 29.4 Å². The van der Waals surface area contributed by atoms with Crippen LogP contribution in [0.15, 0.2) is 85.2 Å². The average molecular weight is 787 g/mol. The summed E-state index contributed by atoms with van der Waals surface area (Å²) < 4.78 is 0. The lowest BCUT2D eigenvalue weighted by Gasteiger charge is -2.28. The molecule has 7 rings (SSSR count). The van der Waals surface area contributed by atoms with Crippen LogP contribution in [0.4, 0.5) is 9.59 Å². The zero-order valence-corrected chi connectivity index (χ0v) is 32.8. The fourth-order valence-corrected chi connectivity index (χ4v) is 8.42. The zero-order valence-electron chi connectivity index (χ0n) is 32.8. The van der Waals surface area contributed by atoms with Crippen LogP contribution in [-0.2, 0) is 35.3 Å². The molecule has 0 spiro atoms. The van der Waals surface area contributed by atoms with E-state index in [-0.39, 0.29) is 23.9 Å². The van der Waals surface area contributed by atoms with Gasteiger partial charge in [0.15, 0.2) is 0 Å². The first-order valence-corrected chi connectivity index (χ1v) is 19.9. The van der Waals surface area contributed by atoms with Crippen molar-refractivity contribution in [2.45, 2.75) is 89.4 Å². The number of carbonyl (C=O) groups is 4. The molecule has 0 radical (unpaired) electrons. The van der Waals surface area contributed by atoms with Crippen LogP contribution in [0.3, 0.4) is 0 Å². The summed E-state index contributed by atoms with van der Waals surface area (Å²) in [6.45, 7) is 5.36.